The number of esters is 1. The van der Waals surface area contributed by atoms with E-state index < -0.39 is 5.97 Å². The van der Waals surface area contributed by atoms with E-state index in [1.54, 1.807) is 35.1 Å². The van der Waals surface area contributed by atoms with Crippen LogP contribution in [0.4, 0.5) is 0 Å². The van der Waals surface area contributed by atoms with Crippen LogP contribution in [0.1, 0.15) is 20.7 Å². The third kappa shape index (κ3) is 4.31. The Balaban J connectivity index is 1.60. The number of hydrogen-bond donors (Lipinski definition) is 0. The summed E-state index contributed by atoms with van der Waals surface area (Å²) in [4.78, 5) is 25.2. The normalized spacial score (nSPS) is 10.6. The van der Waals surface area contributed by atoms with Crippen molar-refractivity contribution in [2.75, 3.05) is 6.61 Å². The van der Waals surface area contributed by atoms with Crippen molar-refractivity contribution in [3.63, 3.8) is 0 Å². The first-order valence-electron chi connectivity index (χ1n) is 9.28. The third-order valence-electron chi connectivity index (χ3n) is 4.50. The summed E-state index contributed by atoms with van der Waals surface area (Å²) in [6.07, 6.45) is 1.62. The largest absolute Gasteiger partial charge is 0.454 e. The predicted octanol–water partition coefficient (Wildman–Crippen LogP) is 5.23. The molecule has 6 heteroatoms. The number of ketones is 1. The number of benzene rings is 3. The molecule has 30 heavy (non-hydrogen) atoms. The molecule has 1 heterocycles. The molecule has 0 aliphatic rings. The van der Waals surface area contributed by atoms with Crippen LogP contribution in [-0.4, -0.2) is 28.1 Å². The molecule has 0 unspecified atom stereocenters. The van der Waals surface area contributed by atoms with Gasteiger partial charge in [-0.2, -0.15) is 5.10 Å². The molecular weight excluding hydrogens is 400 g/mol. The standard InChI is InChI=1S/C24H17ClN2O3/c25-19-13-11-17(12-14-19)22(28)16-30-24(29)21-15-27(20-9-5-2-6-10-20)26-23(21)18-7-3-1-4-8-18/h1-15H,16H2. The summed E-state index contributed by atoms with van der Waals surface area (Å²) in [6.45, 7) is -0.370. The average Bonchev–Trinajstić information content (AvgIpc) is 3.25. The van der Waals surface area contributed by atoms with Crippen LogP contribution in [0, 0.1) is 0 Å². The molecule has 0 amide bonds. The van der Waals surface area contributed by atoms with Crippen LogP contribution in [0.5, 0.6) is 0 Å². The summed E-state index contributed by atoms with van der Waals surface area (Å²) in [6, 6.07) is 25.3. The van der Waals surface area contributed by atoms with Crippen LogP contribution in [0.25, 0.3) is 16.9 Å². The summed E-state index contributed by atoms with van der Waals surface area (Å²) in [7, 11) is 0. The lowest BCUT2D eigenvalue weighted by molar-refractivity contribution is 0.0475. The van der Waals surface area contributed by atoms with Gasteiger partial charge in [0.25, 0.3) is 0 Å². The highest BCUT2D eigenvalue weighted by molar-refractivity contribution is 6.30. The molecule has 4 rings (SSSR count). The zero-order chi connectivity index (χ0) is 20.9. The minimum Gasteiger partial charge on any atom is -0.454 e. The Labute approximate surface area is 178 Å². The van der Waals surface area contributed by atoms with Crippen molar-refractivity contribution in [1.29, 1.82) is 0 Å². The number of halogens is 1. The Morgan fingerprint density at radius 3 is 2.17 bits per heavy atom. The molecule has 0 aliphatic carbocycles. The molecule has 1 aromatic heterocycles. The van der Waals surface area contributed by atoms with Crippen LogP contribution in [0.15, 0.2) is 91.1 Å². The Hall–Kier alpha value is -3.70. The number of Topliss-reactive ketones (excluding diaryl/α,β-unsaturated/α-hetero) is 1. The first kappa shape index (κ1) is 19.6. The van der Waals surface area contributed by atoms with E-state index in [9.17, 15) is 9.59 Å². The molecule has 0 saturated carbocycles. The maximum absolute atomic E-state index is 12.8. The predicted molar refractivity (Wildman–Crippen MR) is 115 cm³/mol. The van der Waals surface area contributed by atoms with Gasteiger partial charge in [0.05, 0.1) is 5.69 Å². The maximum Gasteiger partial charge on any atom is 0.342 e. The number of aromatic nitrogens is 2. The Morgan fingerprint density at radius 1 is 0.867 bits per heavy atom. The minimum atomic E-state index is -0.613. The molecule has 0 N–H and O–H groups in total. The van der Waals surface area contributed by atoms with E-state index in [0.29, 0.717) is 16.3 Å². The second-order valence-corrected chi connectivity index (χ2v) is 6.98. The quantitative estimate of drug-likeness (QED) is 0.319. The molecule has 4 aromatic rings. The van der Waals surface area contributed by atoms with Gasteiger partial charge in [-0.05, 0) is 36.4 Å². The van der Waals surface area contributed by atoms with E-state index in [4.69, 9.17) is 16.3 Å². The number of hydrogen-bond acceptors (Lipinski definition) is 4. The molecule has 3 aromatic carbocycles. The summed E-state index contributed by atoms with van der Waals surface area (Å²) in [5, 5.41) is 5.11. The van der Waals surface area contributed by atoms with Crippen LogP contribution >= 0.6 is 11.6 Å². The fourth-order valence-electron chi connectivity index (χ4n) is 2.97. The van der Waals surface area contributed by atoms with E-state index in [1.807, 2.05) is 60.7 Å². The van der Waals surface area contributed by atoms with Crippen molar-refractivity contribution in [1.82, 2.24) is 9.78 Å². The van der Waals surface area contributed by atoms with Gasteiger partial charge in [0.2, 0.25) is 0 Å². The molecule has 148 valence electrons. The van der Waals surface area contributed by atoms with E-state index in [1.165, 1.54) is 0 Å². The Bertz CT molecular complexity index is 1170. The molecular formula is C24H17ClN2O3. The smallest absolute Gasteiger partial charge is 0.342 e. The Morgan fingerprint density at radius 2 is 1.50 bits per heavy atom. The SMILES string of the molecule is O=C(COC(=O)c1cn(-c2ccccc2)nc1-c1ccccc1)c1ccc(Cl)cc1. The van der Waals surface area contributed by atoms with Gasteiger partial charge in [-0.1, -0.05) is 60.1 Å². The summed E-state index contributed by atoms with van der Waals surface area (Å²) in [5.41, 5.74) is 2.79. The first-order chi connectivity index (χ1) is 14.6. The number of para-hydroxylation sites is 1. The molecule has 0 atom stereocenters. The van der Waals surface area contributed by atoms with Crippen LogP contribution < -0.4 is 0 Å². The van der Waals surface area contributed by atoms with E-state index in [2.05, 4.69) is 5.10 Å². The number of carbonyl (C=O) groups excluding carboxylic acids is 2. The van der Waals surface area contributed by atoms with Gasteiger partial charge in [-0.15, -0.1) is 0 Å². The summed E-state index contributed by atoms with van der Waals surface area (Å²) >= 11 is 5.85. The number of carbonyl (C=O) groups is 2. The monoisotopic (exact) mass is 416 g/mol. The lowest BCUT2D eigenvalue weighted by atomic mass is 10.1. The lowest BCUT2D eigenvalue weighted by Gasteiger charge is -2.05. The van der Waals surface area contributed by atoms with E-state index in [0.717, 1.165) is 11.3 Å². The molecule has 0 saturated heterocycles. The van der Waals surface area contributed by atoms with Gasteiger partial charge in [0.15, 0.2) is 12.4 Å². The van der Waals surface area contributed by atoms with Crippen molar-refractivity contribution >= 4 is 23.4 Å². The molecule has 0 bridgehead atoms. The zero-order valence-corrected chi connectivity index (χ0v) is 16.6. The van der Waals surface area contributed by atoms with Gasteiger partial charge in [-0.3, -0.25) is 4.79 Å². The molecule has 0 spiro atoms. The molecule has 0 radical (unpaired) electrons. The number of ether oxygens (including phenoxy) is 1. The molecule has 5 nitrogen and oxygen atoms in total. The van der Waals surface area contributed by atoms with Crippen molar-refractivity contribution in [3.05, 3.63) is 107 Å². The minimum absolute atomic E-state index is 0.286. The summed E-state index contributed by atoms with van der Waals surface area (Å²) < 4.78 is 6.94. The zero-order valence-electron chi connectivity index (χ0n) is 15.9. The van der Waals surface area contributed by atoms with Crippen LogP contribution in [0.2, 0.25) is 5.02 Å². The van der Waals surface area contributed by atoms with Crippen LogP contribution in [-0.2, 0) is 4.74 Å². The third-order valence-corrected chi connectivity index (χ3v) is 4.75. The second-order valence-electron chi connectivity index (χ2n) is 6.54. The summed E-state index contributed by atoms with van der Waals surface area (Å²) in [5.74, 6) is -0.921. The highest BCUT2D eigenvalue weighted by atomic mass is 35.5. The van der Waals surface area contributed by atoms with Gasteiger partial charge in [-0.25, -0.2) is 9.48 Å². The lowest BCUT2D eigenvalue weighted by Crippen LogP contribution is -2.14. The topological polar surface area (TPSA) is 61.2 Å². The highest BCUT2D eigenvalue weighted by Crippen LogP contribution is 2.24. The van der Waals surface area contributed by atoms with Crippen molar-refractivity contribution < 1.29 is 14.3 Å². The van der Waals surface area contributed by atoms with Gasteiger partial charge < -0.3 is 4.74 Å². The fraction of sp³-hybridized carbons (Fsp3) is 0.0417. The highest BCUT2D eigenvalue weighted by Gasteiger charge is 2.21. The second kappa shape index (κ2) is 8.76. The van der Waals surface area contributed by atoms with Crippen LogP contribution in [0.3, 0.4) is 0 Å². The first-order valence-corrected chi connectivity index (χ1v) is 9.66. The number of nitrogens with zero attached hydrogens (tertiary/aromatic N) is 2. The van der Waals surface area contributed by atoms with Gasteiger partial charge >= 0.3 is 5.97 Å². The van der Waals surface area contributed by atoms with Crippen molar-refractivity contribution in [3.8, 4) is 16.9 Å². The molecule has 0 aliphatic heterocycles. The maximum atomic E-state index is 12.8. The van der Waals surface area contributed by atoms with Gasteiger partial charge in [0.1, 0.15) is 11.3 Å². The van der Waals surface area contributed by atoms with Gasteiger partial charge in [0, 0.05) is 22.3 Å². The van der Waals surface area contributed by atoms with E-state index >= 15 is 0 Å². The van der Waals surface area contributed by atoms with Crippen molar-refractivity contribution in [2.24, 2.45) is 0 Å². The van der Waals surface area contributed by atoms with Crippen molar-refractivity contribution in [2.45, 2.75) is 0 Å². The number of rotatable bonds is 6. The fourth-order valence-corrected chi connectivity index (χ4v) is 3.10. The average molecular weight is 417 g/mol. The van der Waals surface area contributed by atoms with E-state index in [-0.39, 0.29) is 18.0 Å². The Kier molecular flexibility index (Phi) is 5.72. The molecule has 0 fully saturated rings.